The van der Waals surface area contributed by atoms with Crippen molar-refractivity contribution in [1.29, 1.82) is 0 Å². The first-order valence-corrected chi connectivity index (χ1v) is 37.3. The van der Waals surface area contributed by atoms with Crippen molar-refractivity contribution in [1.82, 2.24) is 0 Å². The van der Waals surface area contributed by atoms with E-state index >= 15 is 0 Å². The highest BCUT2D eigenvalue weighted by atomic mass is 16.6. The average molecular weight is 1150 g/mol. The van der Waals surface area contributed by atoms with Crippen LogP contribution in [0.25, 0.3) is 0 Å². The van der Waals surface area contributed by atoms with E-state index in [-0.39, 0.29) is 31.1 Å². The Balaban J connectivity index is 4.09. The minimum Gasteiger partial charge on any atom is -0.462 e. The molecule has 0 bridgehead atoms. The Morgan fingerprint density at radius 1 is 0.232 bits per heavy atom. The summed E-state index contributed by atoms with van der Waals surface area (Å²) in [5.74, 6) is -0.854. The maximum absolute atomic E-state index is 12.9. The van der Waals surface area contributed by atoms with Gasteiger partial charge in [0.15, 0.2) is 6.10 Å². The van der Waals surface area contributed by atoms with E-state index in [1.165, 1.54) is 321 Å². The number of allylic oxidation sites excluding steroid dienone is 4. The predicted octanol–water partition coefficient (Wildman–Crippen LogP) is 25.7. The van der Waals surface area contributed by atoms with Gasteiger partial charge in [-0.3, -0.25) is 14.4 Å². The molecule has 0 heterocycles. The van der Waals surface area contributed by atoms with Gasteiger partial charge in [0.2, 0.25) is 0 Å². The molecule has 6 heteroatoms. The lowest BCUT2D eigenvalue weighted by Gasteiger charge is -2.18. The van der Waals surface area contributed by atoms with Crippen LogP contribution in [0, 0.1) is 0 Å². The third kappa shape index (κ3) is 68.7. The monoisotopic (exact) mass is 1150 g/mol. The number of hydrogen-bond acceptors (Lipinski definition) is 6. The molecule has 1 atom stereocenters. The van der Waals surface area contributed by atoms with Crippen LogP contribution in [0.4, 0.5) is 0 Å². The fourth-order valence-corrected chi connectivity index (χ4v) is 11.6. The fraction of sp³-hybridized carbons (Fsp3) is 0.908. The maximum atomic E-state index is 12.9. The second kappa shape index (κ2) is 71.4. The van der Waals surface area contributed by atoms with E-state index in [1.807, 2.05) is 0 Å². The lowest BCUT2D eigenvalue weighted by atomic mass is 10.0. The minimum atomic E-state index is -0.775. The Labute approximate surface area is 513 Å². The number of unbranched alkanes of at least 4 members (excludes halogenated alkanes) is 55. The van der Waals surface area contributed by atoms with Crippen LogP contribution < -0.4 is 0 Å². The molecular formula is C76H144O6. The maximum Gasteiger partial charge on any atom is 0.306 e. The minimum absolute atomic E-state index is 0.0704. The van der Waals surface area contributed by atoms with Crippen LogP contribution in [-0.2, 0) is 28.6 Å². The molecule has 0 radical (unpaired) electrons. The first-order chi connectivity index (χ1) is 40.5. The first kappa shape index (κ1) is 79.9. The van der Waals surface area contributed by atoms with Crippen molar-refractivity contribution in [3.63, 3.8) is 0 Å². The van der Waals surface area contributed by atoms with Gasteiger partial charge in [0, 0.05) is 19.3 Å². The van der Waals surface area contributed by atoms with Gasteiger partial charge in [-0.25, -0.2) is 0 Å². The molecule has 0 aromatic heterocycles. The summed E-state index contributed by atoms with van der Waals surface area (Å²) in [7, 11) is 0. The van der Waals surface area contributed by atoms with E-state index in [0.29, 0.717) is 19.3 Å². The SMILES string of the molecule is CCCCCC/C=C\CCCCCCCC(=O)OCC(COC(=O)CCCCCCCCCCCCCCCCCCCCCCCCCCCCCCCCCCC)OC(=O)CCCCCCCCC/C=C\CCCCCCCCC. The standard InChI is InChI=1S/C76H144O6/c1-4-7-10-13-16-19-22-25-27-29-31-32-33-34-35-36-37-38-39-40-41-42-43-44-45-47-48-51-54-57-60-63-66-69-75(78)81-72-73(71-80-74(77)68-65-62-59-56-53-50-24-21-18-15-12-9-6-3)82-76(79)70-67-64-61-58-55-52-49-46-30-28-26-23-20-17-14-11-8-5-2/h21,24,28,30,73H,4-20,22-23,25-27,29,31-72H2,1-3H3/b24-21-,30-28-. The molecule has 0 aliphatic rings. The zero-order chi connectivity index (χ0) is 59.2. The molecule has 484 valence electrons. The van der Waals surface area contributed by atoms with Gasteiger partial charge in [0.1, 0.15) is 13.2 Å². The molecule has 0 saturated heterocycles. The summed E-state index contributed by atoms with van der Waals surface area (Å²) >= 11 is 0. The molecule has 82 heavy (non-hydrogen) atoms. The van der Waals surface area contributed by atoms with Crippen molar-refractivity contribution in [3.8, 4) is 0 Å². The molecule has 0 saturated carbocycles. The normalized spacial score (nSPS) is 12.1. The van der Waals surface area contributed by atoms with Gasteiger partial charge in [-0.1, -0.05) is 360 Å². The van der Waals surface area contributed by atoms with E-state index in [9.17, 15) is 14.4 Å². The van der Waals surface area contributed by atoms with E-state index in [4.69, 9.17) is 14.2 Å². The molecule has 0 fully saturated rings. The Hall–Kier alpha value is -2.11. The van der Waals surface area contributed by atoms with Gasteiger partial charge in [0.05, 0.1) is 0 Å². The molecule has 0 aromatic rings. The summed E-state index contributed by atoms with van der Waals surface area (Å²) in [5, 5.41) is 0. The van der Waals surface area contributed by atoms with Gasteiger partial charge in [0.25, 0.3) is 0 Å². The van der Waals surface area contributed by atoms with Crippen LogP contribution in [0.3, 0.4) is 0 Å². The van der Waals surface area contributed by atoms with Gasteiger partial charge in [-0.2, -0.15) is 0 Å². The summed E-state index contributed by atoms with van der Waals surface area (Å²) in [6.07, 6.45) is 88.1. The van der Waals surface area contributed by atoms with Crippen LogP contribution >= 0.6 is 0 Å². The number of ether oxygens (including phenoxy) is 3. The molecular weight excluding hydrogens is 1010 g/mol. The van der Waals surface area contributed by atoms with Crippen LogP contribution in [-0.4, -0.2) is 37.2 Å². The molecule has 0 aliphatic carbocycles. The zero-order valence-electron chi connectivity index (χ0n) is 55.8. The highest BCUT2D eigenvalue weighted by Gasteiger charge is 2.20. The van der Waals surface area contributed by atoms with Crippen molar-refractivity contribution >= 4 is 17.9 Å². The summed E-state index contributed by atoms with van der Waals surface area (Å²) in [6, 6.07) is 0. The lowest BCUT2D eigenvalue weighted by Crippen LogP contribution is -2.30. The van der Waals surface area contributed by atoms with Crippen molar-refractivity contribution in [2.75, 3.05) is 13.2 Å². The Bertz CT molecular complexity index is 1320. The number of carbonyl (C=O) groups excluding carboxylic acids is 3. The molecule has 6 nitrogen and oxygen atoms in total. The molecule has 0 aliphatic heterocycles. The fourth-order valence-electron chi connectivity index (χ4n) is 11.6. The van der Waals surface area contributed by atoms with Crippen molar-refractivity contribution in [2.24, 2.45) is 0 Å². The highest BCUT2D eigenvalue weighted by molar-refractivity contribution is 5.71. The molecule has 0 aromatic carbocycles. The van der Waals surface area contributed by atoms with Crippen molar-refractivity contribution in [3.05, 3.63) is 24.3 Å². The Morgan fingerprint density at radius 2 is 0.402 bits per heavy atom. The predicted molar refractivity (Wildman–Crippen MR) is 358 cm³/mol. The second-order valence-electron chi connectivity index (χ2n) is 25.6. The molecule has 0 N–H and O–H groups in total. The van der Waals surface area contributed by atoms with Gasteiger partial charge in [-0.05, 0) is 70.6 Å². The van der Waals surface area contributed by atoms with Crippen LogP contribution in [0.2, 0.25) is 0 Å². The quantitative estimate of drug-likeness (QED) is 0.0261. The van der Waals surface area contributed by atoms with E-state index in [0.717, 1.165) is 64.2 Å². The number of hydrogen-bond donors (Lipinski definition) is 0. The largest absolute Gasteiger partial charge is 0.462 e. The molecule has 0 amide bonds. The second-order valence-corrected chi connectivity index (χ2v) is 25.6. The summed E-state index contributed by atoms with van der Waals surface area (Å²) in [6.45, 7) is 6.69. The van der Waals surface area contributed by atoms with E-state index in [1.54, 1.807) is 0 Å². The van der Waals surface area contributed by atoms with Crippen LogP contribution in [0.5, 0.6) is 0 Å². The molecule has 0 rings (SSSR count). The topological polar surface area (TPSA) is 78.9 Å². The van der Waals surface area contributed by atoms with Crippen molar-refractivity contribution in [2.45, 2.75) is 431 Å². The van der Waals surface area contributed by atoms with Crippen LogP contribution in [0.15, 0.2) is 24.3 Å². The summed E-state index contributed by atoms with van der Waals surface area (Å²) < 4.78 is 17.0. The third-order valence-electron chi connectivity index (χ3n) is 17.2. The van der Waals surface area contributed by atoms with Crippen molar-refractivity contribution < 1.29 is 28.6 Å². The number of carbonyl (C=O) groups is 3. The molecule has 0 spiro atoms. The Morgan fingerprint density at radius 3 is 0.622 bits per heavy atom. The summed E-state index contributed by atoms with van der Waals surface area (Å²) in [4.78, 5) is 38.4. The molecule has 1 unspecified atom stereocenters. The lowest BCUT2D eigenvalue weighted by molar-refractivity contribution is -0.167. The van der Waals surface area contributed by atoms with Crippen LogP contribution in [0.1, 0.15) is 425 Å². The first-order valence-electron chi connectivity index (χ1n) is 37.3. The van der Waals surface area contributed by atoms with Gasteiger partial charge < -0.3 is 14.2 Å². The van der Waals surface area contributed by atoms with E-state index in [2.05, 4.69) is 45.1 Å². The smallest absolute Gasteiger partial charge is 0.306 e. The zero-order valence-corrected chi connectivity index (χ0v) is 55.8. The van der Waals surface area contributed by atoms with E-state index < -0.39 is 6.10 Å². The highest BCUT2D eigenvalue weighted by Crippen LogP contribution is 2.19. The van der Waals surface area contributed by atoms with Gasteiger partial charge >= 0.3 is 17.9 Å². The number of rotatable bonds is 70. The number of esters is 3. The third-order valence-corrected chi connectivity index (χ3v) is 17.2. The summed E-state index contributed by atoms with van der Waals surface area (Å²) in [5.41, 5.74) is 0. The average Bonchev–Trinajstić information content (AvgIpc) is 3.47. The Kier molecular flexibility index (Phi) is 69.5. The van der Waals surface area contributed by atoms with Gasteiger partial charge in [-0.15, -0.1) is 0 Å².